The highest BCUT2D eigenvalue weighted by Gasteiger charge is 2.54. The van der Waals surface area contributed by atoms with Crippen molar-refractivity contribution in [3.05, 3.63) is 35.9 Å². The lowest BCUT2D eigenvalue weighted by Crippen LogP contribution is -2.47. The molecule has 0 radical (unpaired) electrons. The molecule has 1 aromatic rings. The molecule has 1 unspecified atom stereocenters. The number of benzene rings is 1. The van der Waals surface area contributed by atoms with Crippen LogP contribution in [-0.4, -0.2) is 31.1 Å². The van der Waals surface area contributed by atoms with Crippen LogP contribution in [0.25, 0.3) is 0 Å². The van der Waals surface area contributed by atoms with E-state index in [0.717, 1.165) is 24.4 Å². The monoisotopic (exact) mass is 284 g/mol. The maximum Gasteiger partial charge on any atom is 0.0534 e. The van der Waals surface area contributed by atoms with Gasteiger partial charge in [0.1, 0.15) is 0 Å². The minimum atomic E-state index is 0.109. The maximum absolute atomic E-state index is 3.81. The fourth-order valence-electron chi connectivity index (χ4n) is 4.38. The van der Waals surface area contributed by atoms with Crippen molar-refractivity contribution < 1.29 is 0 Å². The average Bonchev–Trinajstić information content (AvgIpc) is 3.36. The van der Waals surface area contributed by atoms with Crippen molar-refractivity contribution in [2.45, 2.75) is 44.6 Å². The van der Waals surface area contributed by atoms with Gasteiger partial charge in [0, 0.05) is 13.1 Å². The third-order valence-corrected chi connectivity index (χ3v) is 5.99. The van der Waals surface area contributed by atoms with Gasteiger partial charge in [-0.25, -0.2) is 0 Å². The molecule has 2 heteroatoms. The number of nitrogens with one attached hydrogen (secondary N) is 1. The number of rotatable bonds is 4. The summed E-state index contributed by atoms with van der Waals surface area (Å²) >= 11 is 0. The summed E-state index contributed by atoms with van der Waals surface area (Å²) in [7, 11) is 0. The van der Waals surface area contributed by atoms with Gasteiger partial charge < -0.3 is 10.2 Å². The Balaban J connectivity index is 1.50. The van der Waals surface area contributed by atoms with Crippen molar-refractivity contribution in [2.75, 3.05) is 26.2 Å². The zero-order valence-electron chi connectivity index (χ0n) is 13.3. The Morgan fingerprint density at radius 2 is 1.95 bits per heavy atom. The zero-order chi connectivity index (χ0) is 14.3. The minimum absolute atomic E-state index is 0.109. The second-order valence-corrected chi connectivity index (χ2v) is 7.83. The van der Waals surface area contributed by atoms with Crippen LogP contribution in [0.2, 0.25) is 0 Å². The van der Waals surface area contributed by atoms with Crippen LogP contribution in [-0.2, 0) is 5.54 Å². The van der Waals surface area contributed by atoms with Gasteiger partial charge >= 0.3 is 0 Å². The van der Waals surface area contributed by atoms with Crippen LogP contribution in [0.1, 0.15) is 44.6 Å². The van der Waals surface area contributed by atoms with E-state index in [4.69, 9.17) is 0 Å². The van der Waals surface area contributed by atoms with E-state index < -0.39 is 0 Å². The Bertz CT molecular complexity index is 490. The van der Waals surface area contributed by atoms with E-state index in [2.05, 4.69) is 47.5 Å². The molecular weight excluding hydrogens is 256 g/mol. The molecule has 2 saturated carbocycles. The highest BCUT2D eigenvalue weighted by molar-refractivity contribution is 5.24. The summed E-state index contributed by atoms with van der Waals surface area (Å²) in [5.41, 5.74) is 2.27. The molecule has 1 aromatic carbocycles. The molecule has 0 aromatic heterocycles. The van der Waals surface area contributed by atoms with Gasteiger partial charge in [0.15, 0.2) is 0 Å². The van der Waals surface area contributed by atoms with Gasteiger partial charge in [-0.1, -0.05) is 30.3 Å². The Labute approximate surface area is 128 Å². The highest BCUT2D eigenvalue weighted by atomic mass is 15.2. The summed E-state index contributed by atoms with van der Waals surface area (Å²) in [6, 6.07) is 11.0. The van der Waals surface area contributed by atoms with Crippen LogP contribution in [0.4, 0.5) is 0 Å². The van der Waals surface area contributed by atoms with Gasteiger partial charge in [0.25, 0.3) is 0 Å². The molecule has 3 fully saturated rings. The van der Waals surface area contributed by atoms with Gasteiger partial charge in [0.05, 0.1) is 5.54 Å². The largest absolute Gasteiger partial charge is 0.307 e. The summed E-state index contributed by atoms with van der Waals surface area (Å²) in [4.78, 5) is 2.76. The van der Waals surface area contributed by atoms with Gasteiger partial charge in [0.2, 0.25) is 0 Å². The number of hydrogen-bond acceptors (Lipinski definition) is 2. The molecule has 4 rings (SSSR count). The first kappa shape index (κ1) is 13.8. The fraction of sp³-hybridized carbons (Fsp3) is 0.684. The molecule has 1 atom stereocenters. The first-order valence-electron chi connectivity index (χ1n) is 8.73. The van der Waals surface area contributed by atoms with E-state index in [0.29, 0.717) is 0 Å². The topological polar surface area (TPSA) is 15.3 Å². The van der Waals surface area contributed by atoms with Crippen molar-refractivity contribution in [1.29, 1.82) is 0 Å². The Morgan fingerprint density at radius 3 is 2.62 bits per heavy atom. The fourth-order valence-corrected chi connectivity index (χ4v) is 4.38. The van der Waals surface area contributed by atoms with Crippen molar-refractivity contribution in [3.63, 3.8) is 0 Å². The van der Waals surface area contributed by atoms with E-state index in [9.17, 15) is 0 Å². The van der Waals surface area contributed by atoms with Crippen molar-refractivity contribution in [3.8, 4) is 0 Å². The second kappa shape index (κ2) is 5.10. The van der Waals surface area contributed by atoms with E-state index in [1.165, 1.54) is 50.8 Å². The van der Waals surface area contributed by atoms with Gasteiger partial charge in [-0.05, 0) is 69.0 Å². The smallest absolute Gasteiger partial charge is 0.0534 e. The van der Waals surface area contributed by atoms with Crippen molar-refractivity contribution >= 4 is 0 Å². The first-order chi connectivity index (χ1) is 10.2. The van der Waals surface area contributed by atoms with E-state index in [1.54, 1.807) is 0 Å². The van der Waals surface area contributed by atoms with Crippen LogP contribution in [0, 0.1) is 11.3 Å². The SMILES string of the molecule is CC1(c2ccccc2)CN(CC2(C3CC3)CC2)CCCN1. The van der Waals surface area contributed by atoms with E-state index in [-0.39, 0.29) is 5.54 Å². The lowest BCUT2D eigenvalue weighted by atomic mass is 9.90. The number of nitrogens with zero attached hydrogens (tertiary/aromatic N) is 1. The lowest BCUT2D eigenvalue weighted by Gasteiger charge is -2.36. The minimum Gasteiger partial charge on any atom is -0.307 e. The second-order valence-electron chi connectivity index (χ2n) is 7.83. The van der Waals surface area contributed by atoms with E-state index >= 15 is 0 Å². The van der Waals surface area contributed by atoms with Crippen LogP contribution in [0.3, 0.4) is 0 Å². The van der Waals surface area contributed by atoms with Gasteiger partial charge in [-0.2, -0.15) is 0 Å². The average molecular weight is 284 g/mol. The predicted molar refractivity (Wildman–Crippen MR) is 87.2 cm³/mol. The Morgan fingerprint density at radius 1 is 1.19 bits per heavy atom. The molecule has 114 valence electrons. The number of hydrogen-bond donors (Lipinski definition) is 1. The summed E-state index contributed by atoms with van der Waals surface area (Å²) < 4.78 is 0. The summed E-state index contributed by atoms with van der Waals surface area (Å²) in [5, 5.41) is 3.81. The standard InChI is InChI=1S/C19H28N2/c1-18(16-6-3-2-4-7-16)14-21(13-5-12-20-18)15-19(10-11-19)17-8-9-17/h2-4,6-7,17,20H,5,8-15H2,1H3. The molecule has 2 aliphatic carbocycles. The third kappa shape index (κ3) is 2.76. The van der Waals surface area contributed by atoms with E-state index in [1.807, 2.05) is 0 Å². The first-order valence-corrected chi connectivity index (χ1v) is 8.73. The Kier molecular flexibility index (Phi) is 3.35. The molecule has 1 aliphatic heterocycles. The highest BCUT2D eigenvalue weighted by Crippen LogP contribution is 2.61. The van der Waals surface area contributed by atoms with Crippen LogP contribution in [0.15, 0.2) is 30.3 Å². The van der Waals surface area contributed by atoms with Crippen LogP contribution >= 0.6 is 0 Å². The molecule has 2 nitrogen and oxygen atoms in total. The molecule has 0 spiro atoms. The quantitative estimate of drug-likeness (QED) is 0.912. The van der Waals surface area contributed by atoms with Crippen molar-refractivity contribution in [1.82, 2.24) is 10.2 Å². The Hall–Kier alpha value is -0.860. The molecule has 1 N–H and O–H groups in total. The predicted octanol–water partition coefficient (Wildman–Crippen LogP) is 3.39. The molecule has 0 bridgehead atoms. The van der Waals surface area contributed by atoms with Gasteiger partial charge in [-0.15, -0.1) is 0 Å². The van der Waals surface area contributed by atoms with Crippen molar-refractivity contribution in [2.24, 2.45) is 11.3 Å². The maximum atomic E-state index is 3.81. The third-order valence-electron chi connectivity index (χ3n) is 5.99. The normalized spacial score (nSPS) is 32.6. The van der Waals surface area contributed by atoms with Crippen LogP contribution in [0.5, 0.6) is 0 Å². The molecule has 3 aliphatic rings. The summed E-state index contributed by atoms with van der Waals surface area (Å²) in [5.74, 6) is 1.07. The molecule has 0 amide bonds. The zero-order valence-corrected chi connectivity index (χ0v) is 13.3. The van der Waals surface area contributed by atoms with Gasteiger partial charge in [-0.3, -0.25) is 0 Å². The molecule has 1 heterocycles. The van der Waals surface area contributed by atoms with Crippen LogP contribution < -0.4 is 5.32 Å². The lowest BCUT2D eigenvalue weighted by molar-refractivity contribution is 0.173. The molecule has 1 saturated heterocycles. The summed E-state index contributed by atoms with van der Waals surface area (Å²) in [6.45, 7) is 7.30. The molecule has 21 heavy (non-hydrogen) atoms. The molecular formula is C19H28N2. The summed E-state index contributed by atoms with van der Waals surface area (Å²) in [6.07, 6.45) is 7.26.